The third kappa shape index (κ3) is 3.53. The molecular weight excluding hydrogens is 384 g/mol. The van der Waals surface area contributed by atoms with E-state index in [9.17, 15) is 9.59 Å². The number of carbonyl (C=O) groups is 1. The molecule has 4 rings (SSSR count). The van der Waals surface area contributed by atoms with Gasteiger partial charge in [-0.3, -0.25) is 9.20 Å². The lowest BCUT2D eigenvalue weighted by Gasteiger charge is -2.11. The van der Waals surface area contributed by atoms with Crippen LogP contribution in [0.3, 0.4) is 0 Å². The topological polar surface area (TPSA) is 79.1 Å². The summed E-state index contributed by atoms with van der Waals surface area (Å²) in [5, 5.41) is 0.281. The van der Waals surface area contributed by atoms with Gasteiger partial charge in [-0.25, -0.2) is 9.78 Å². The van der Waals surface area contributed by atoms with Crippen LogP contribution >= 0.6 is 11.6 Å². The molecule has 0 bridgehead atoms. The first kappa shape index (κ1) is 18.3. The molecule has 0 aliphatic carbocycles. The number of rotatable bonds is 3. The molecule has 1 aromatic carbocycles. The Hall–Kier alpha value is -3.06. The minimum Gasteiger partial charge on any atom is -0.489 e. The van der Waals surface area contributed by atoms with Gasteiger partial charge in [0.25, 0.3) is 5.56 Å². The average molecular weight is 401 g/mol. The van der Waals surface area contributed by atoms with Gasteiger partial charge in [-0.15, -0.1) is 0 Å². The summed E-state index contributed by atoms with van der Waals surface area (Å²) in [4.78, 5) is 29.1. The van der Waals surface area contributed by atoms with Crippen LogP contribution < -0.4 is 15.0 Å². The van der Waals surface area contributed by atoms with Gasteiger partial charge in [0.2, 0.25) is 0 Å². The highest BCUT2D eigenvalue weighted by atomic mass is 35.5. The number of aryl methyl sites for hydroxylation is 1. The zero-order valence-corrected chi connectivity index (χ0v) is 15.9. The molecule has 2 aromatic heterocycles. The number of halogens is 1. The van der Waals surface area contributed by atoms with Crippen LogP contribution in [-0.4, -0.2) is 28.6 Å². The van der Waals surface area contributed by atoms with Gasteiger partial charge in [0, 0.05) is 18.2 Å². The largest absolute Gasteiger partial charge is 0.489 e. The summed E-state index contributed by atoms with van der Waals surface area (Å²) in [5.41, 5.74) is 1.65. The van der Waals surface area contributed by atoms with Gasteiger partial charge >= 0.3 is 5.97 Å². The van der Waals surface area contributed by atoms with Crippen molar-refractivity contribution in [3.63, 3.8) is 0 Å². The van der Waals surface area contributed by atoms with Crippen molar-refractivity contribution in [3.05, 3.63) is 68.7 Å². The molecule has 0 spiro atoms. The van der Waals surface area contributed by atoms with Gasteiger partial charge in [0.15, 0.2) is 11.5 Å². The Morgan fingerprint density at radius 3 is 2.93 bits per heavy atom. The Labute approximate surface area is 165 Å². The Kier molecular flexibility index (Phi) is 4.92. The molecule has 1 aliphatic heterocycles. The van der Waals surface area contributed by atoms with E-state index in [1.807, 2.05) is 19.1 Å². The second-order valence-electron chi connectivity index (χ2n) is 6.36. The minimum atomic E-state index is -0.594. The van der Waals surface area contributed by atoms with Crippen molar-refractivity contribution in [2.75, 3.05) is 13.2 Å². The molecule has 8 heteroatoms. The number of fused-ring (bicyclic) bond motifs is 2. The monoisotopic (exact) mass is 400 g/mol. The minimum absolute atomic E-state index is 0.134. The van der Waals surface area contributed by atoms with E-state index >= 15 is 0 Å². The summed E-state index contributed by atoms with van der Waals surface area (Å²) in [5.74, 6) is 0.244. The highest BCUT2D eigenvalue weighted by Crippen LogP contribution is 2.38. The predicted molar refractivity (Wildman–Crippen MR) is 102 cm³/mol. The molecule has 144 valence electrons. The molecule has 0 N–H and O–H groups in total. The molecule has 7 nitrogen and oxygen atoms in total. The van der Waals surface area contributed by atoms with Crippen LogP contribution in [0.4, 0.5) is 0 Å². The first-order chi connectivity index (χ1) is 13.5. The van der Waals surface area contributed by atoms with E-state index in [4.69, 9.17) is 25.8 Å². The molecule has 0 saturated carbocycles. The van der Waals surface area contributed by atoms with Crippen LogP contribution in [-0.2, 0) is 11.3 Å². The van der Waals surface area contributed by atoms with Crippen molar-refractivity contribution < 1.29 is 19.0 Å². The molecule has 0 saturated heterocycles. The molecule has 28 heavy (non-hydrogen) atoms. The van der Waals surface area contributed by atoms with E-state index in [0.717, 1.165) is 12.1 Å². The maximum absolute atomic E-state index is 12.5. The Balaban J connectivity index is 1.55. The van der Waals surface area contributed by atoms with Gasteiger partial charge in [-0.1, -0.05) is 17.7 Å². The molecule has 1 aliphatic rings. The van der Waals surface area contributed by atoms with Crippen molar-refractivity contribution in [1.29, 1.82) is 0 Å². The normalized spacial score (nSPS) is 13.2. The predicted octanol–water partition coefficient (Wildman–Crippen LogP) is 3.17. The Bertz CT molecular complexity index is 1130. The van der Waals surface area contributed by atoms with Crippen LogP contribution in [0.2, 0.25) is 5.02 Å². The van der Waals surface area contributed by atoms with E-state index in [1.165, 1.54) is 16.5 Å². The SMILES string of the molecule is Cc1cccc2nc(COC(=O)c3cc(Cl)c4c(c3)OCCCO4)cc(=O)n12. The van der Waals surface area contributed by atoms with Crippen molar-refractivity contribution >= 4 is 23.2 Å². The molecule has 0 amide bonds. The fourth-order valence-electron chi connectivity index (χ4n) is 3.01. The molecule has 0 fully saturated rings. The number of esters is 1. The lowest BCUT2D eigenvalue weighted by atomic mass is 10.2. The summed E-state index contributed by atoms with van der Waals surface area (Å²) >= 11 is 6.21. The van der Waals surface area contributed by atoms with Gasteiger partial charge in [-0.05, 0) is 31.2 Å². The summed E-state index contributed by atoms with van der Waals surface area (Å²) < 4.78 is 18.0. The summed E-state index contributed by atoms with van der Waals surface area (Å²) in [6.07, 6.45) is 0.730. The quantitative estimate of drug-likeness (QED) is 0.628. The van der Waals surface area contributed by atoms with E-state index in [1.54, 1.807) is 12.1 Å². The Morgan fingerprint density at radius 1 is 1.25 bits per heavy atom. The van der Waals surface area contributed by atoms with Crippen LogP contribution in [0.1, 0.15) is 28.2 Å². The first-order valence-electron chi connectivity index (χ1n) is 8.77. The number of aromatic nitrogens is 2. The van der Waals surface area contributed by atoms with Crippen molar-refractivity contribution in [1.82, 2.24) is 9.38 Å². The maximum atomic E-state index is 12.5. The van der Waals surface area contributed by atoms with E-state index in [0.29, 0.717) is 36.1 Å². The summed E-state index contributed by atoms with van der Waals surface area (Å²) in [7, 11) is 0. The van der Waals surface area contributed by atoms with E-state index in [-0.39, 0.29) is 22.8 Å². The lowest BCUT2D eigenvalue weighted by Crippen LogP contribution is -2.18. The molecule has 3 aromatic rings. The van der Waals surface area contributed by atoms with Gasteiger partial charge < -0.3 is 14.2 Å². The number of hydrogen-bond acceptors (Lipinski definition) is 6. The first-order valence-corrected chi connectivity index (χ1v) is 9.15. The second kappa shape index (κ2) is 7.52. The Morgan fingerprint density at radius 2 is 2.07 bits per heavy atom. The van der Waals surface area contributed by atoms with E-state index in [2.05, 4.69) is 4.98 Å². The number of pyridine rings is 1. The van der Waals surface area contributed by atoms with Crippen LogP contribution in [0.15, 0.2) is 41.2 Å². The standard InChI is InChI=1S/C20H17ClN2O5/c1-12-4-2-5-17-22-14(10-18(24)23(12)17)11-28-20(25)13-8-15(21)19-16(9-13)26-6-3-7-27-19/h2,4-5,8-10H,3,6-7,11H2,1H3. The number of ether oxygens (including phenoxy) is 3. The van der Waals surface area contributed by atoms with Gasteiger partial charge in [0.05, 0.1) is 29.5 Å². The highest BCUT2D eigenvalue weighted by molar-refractivity contribution is 6.32. The summed E-state index contributed by atoms with van der Waals surface area (Å²) in [6.45, 7) is 2.67. The smallest absolute Gasteiger partial charge is 0.338 e. The average Bonchev–Trinajstić information content (AvgIpc) is 2.92. The fraction of sp³-hybridized carbons (Fsp3) is 0.250. The highest BCUT2D eigenvalue weighted by Gasteiger charge is 2.19. The van der Waals surface area contributed by atoms with Gasteiger partial charge in [0.1, 0.15) is 12.3 Å². The zero-order chi connectivity index (χ0) is 19.7. The van der Waals surface area contributed by atoms with E-state index < -0.39 is 5.97 Å². The lowest BCUT2D eigenvalue weighted by molar-refractivity contribution is 0.0467. The maximum Gasteiger partial charge on any atom is 0.338 e. The number of benzene rings is 1. The molecule has 0 radical (unpaired) electrons. The number of carbonyl (C=O) groups excluding carboxylic acids is 1. The van der Waals surface area contributed by atoms with Crippen molar-refractivity contribution in [3.8, 4) is 11.5 Å². The fourth-order valence-corrected chi connectivity index (χ4v) is 3.27. The number of nitrogens with zero attached hydrogens (tertiary/aromatic N) is 2. The van der Waals surface area contributed by atoms with Crippen molar-refractivity contribution in [2.45, 2.75) is 20.0 Å². The third-order valence-corrected chi connectivity index (χ3v) is 4.60. The second-order valence-corrected chi connectivity index (χ2v) is 6.77. The summed E-state index contributed by atoms with van der Waals surface area (Å²) in [6, 6.07) is 9.73. The van der Waals surface area contributed by atoms with Crippen LogP contribution in [0.25, 0.3) is 5.65 Å². The van der Waals surface area contributed by atoms with Crippen LogP contribution in [0, 0.1) is 6.92 Å². The molecule has 0 unspecified atom stereocenters. The molecule has 0 atom stereocenters. The third-order valence-electron chi connectivity index (χ3n) is 4.32. The zero-order valence-electron chi connectivity index (χ0n) is 15.1. The van der Waals surface area contributed by atoms with Gasteiger partial charge in [-0.2, -0.15) is 0 Å². The number of hydrogen-bond donors (Lipinski definition) is 0. The molecule has 3 heterocycles. The van der Waals surface area contributed by atoms with Crippen LogP contribution in [0.5, 0.6) is 11.5 Å². The molecular formula is C20H17ClN2O5. The van der Waals surface area contributed by atoms with Crippen molar-refractivity contribution in [2.24, 2.45) is 0 Å².